The molecule has 0 spiro atoms. The topological polar surface area (TPSA) is 69.6 Å². The minimum atomic E-state index is -1.18. The van der Waals surface area contributed by atoms with Gasteiger partial charge in [0.1, 0.15) is 11.4 Å². The number of hydrogen-bond acceptors (Lipinski definition) is 3. The molecule has 2 unspecified atom stereocenters. The van der Waals surface area contributed by atoms with E-state index in [1.807, 2.05) is 25.1 Å². The van der Waals surface area contributed by atoms with E-state index < -0.39 is 29.4 Å². The number of amides is 3. The van der Waals surface area contributed by atoms with Gasteiger partial charge < -0.3 is 10.4 Å². The standard InChI is InChI=1S/C19H19FN2O3/c1-12-5-3-4-6-15(12)19(2)17(24)22(18(25)21-19)11-16(23)13-7-9-14(20)10-8-13/h3-10,16,23H,11H2,1-2H3,(H,21,25). The quantitative estimate of drug-likeness (QED) is 0.839. The second kappa shape index (κ2) is 6.29. The Morgan fingerprint density at radius 2 is 1.80 bits per heavy atom. The summed E-state index contributed by atoms with van der Waals surface area (Å²) in [6.07, 6.45) is -1.09. The maximum absolute atomic E-state index is 13.0. The average Bonchev–Trinajstić information content (AvgIpc) is 2.80. The lowest BCUT2D eigenvalue weighted by Crippen LogP contribution is -2.41. The van der Waals surface area contributed by atoms with Crippen molar-refractivity contribution in [2.24, 2.45) is 0 Å². The molecule has 0 saturated carbocycles. The van der Waals surface area contributed by atoms with Gasteiger partial charge in [0.25, 0.3) is 5.91 Å². The van der Waals surface area contributed by atoms with Crippen LogP contribution in [0.2, 0.25) is 0 Å². The number of carbonyl (C=O) groups excluding carboxylic acids is 2. The molecule has 5 nitrogen and oxygen atoms in total. The maximum atomic E-state index is 13.0. The van der Waals surface area contributed by atoms with Crippen molar-refractivity contribution in [2.75, 3.05) is 6.54 Å². The predicted octanol–water partition coefficient (Wildman–Crippen LogP) is 2.63. The normalized spacial score (nSPS) is 21.4. The fourth-order valence-corrected chi connectivity index (χ4v) is 3.14. The fourth-order valence-electron chi connectivity index (χ4n) is 3.14. The zero-order valence-electron chi connectivity index (χ0n) is 14.0. The van der Waals surface area contributed by atoms with E-state index in [0.717, 1.165) is 10.5 Å². The Morgan fingerprint density at radius 3 is 2.44 bits per heavy atom. The zero-order chi connectivity index (χ0) is 18.2. The third-order valence-corrected chi connectivity index (χ3v) is 4.57. The number of aliphatic hydroxyl groups is 1. The Labute approximate surface area is 145 Å². The second-order valence-electron chi connectivity index (χ2n) is 6.35. The molecule has 130 valence electrons. The molecule has 0 aromatic heterocycles. The summed E-state index contributed by atoms with van der Waals surface area (Å²) in [5, 5.41) is 13.0. The van der Waals surface area contributed by atoms with Gasteiger partial charge >= 0.3 is 6.03 Å². The number of aliphatic hydroxyl groups excluding tert-OH is 1. The van der Waals surface area contributed by atoms with Crippen molar-refractivity contribution in [3.63, 3.8) is 0 Å². The molecule has 2 aromatic rings. The number of halogens is 1. The van der Waals surface area contributed by atoms with Gasteiger partial charge in [-0.3, -0.25) is 9.69 Å². The lowest BCUT2D eigenvalue weighted by molar-refractivity contribution is -0.132. The van der Waals surface area contributed by atoms with Crippen molar-refractivity contribution in [3.8, 4) is 0 Å². The highest BCUT2D eigenvalue weighted by Crippen LogP contribution is 2.31. The van der Waals surface area contributed by atoms with E-state index in [-0.39, 0.29) is 6.54 Å². The van der Waals surface area contributed by atoms with Crippen LogP contribution in [0.15, 0.2) is 48.5 Å². The van der Waals surface area contributed by atoms with Gasteiger partial charge in [-0.2, -0.15) is 0 Å². The number of hydrogen-bond donors (Lipinski definition) is 2. The first-order valence-electron chi connectivity index (χ1n) is 7.96. The Kier molecular flexibility index (Phi) is 4.30. The first-order valence-corrected chi connectivity index (χ1v) is 7.96. The van der Waals surface area contributed by atoms with Crippen LogP contribution < -0.4 is 5.32 Å². The molecular weight excluding hydrogens is 323 g/mol. The number of rotatable bonds is 4. The van der Waals surface area contributed by atoms with E-state index in [4.69, 9.17) is 0 Å². The van der Waals surface area contributed by atoms with Gasteiger partial charge in [0.15, 0.2) is 0 Å². The molecule has 3 rings (SSSR count). The van der Waals surface area contributed by atoms with Crippen molar-refractivity contribution in [2.45, 2.75) is 25.5 Å². The minimum Gasteiger partial charge on any atom is -0.387 e. The highest BCUT2D eigenvalue weighted by molar-refractivity contribution is 6.07. The lowest BCUT2D eigenvalue weighted by Gasteiger charge is -2.24. The molecule has 0 radical (unpaired) electrons. The van der Waals surface area contributed by atoms with Crippen molar-refractivity contribution in [3.05, 3.63) is 71.0 Å². The number of urea groups is 1. The van der Waals surface area contributed by atoms with E-state index in [2.05, 4.69) is 5.32 Å². The summed E-state index contributed by atoms with van der Waals surface area (Å²) in [5.74, 6) is -0.842. The van der Waals surface area contributed by atoms with Crippen molar-refractivity contribution in [1.29, 1.82) is 0 Å². The molecular formula is C19H19FN2O3. The van der Waals surface area contributed by atoms with Crippen LogP contribution in [0.4, 0.5) is 9.18 Å². The molecule has 0 bridgehead atoms. The summed E-state index contributed by atoms with van der Waals surface area (Å²) in [6.45, 7) is 3.33. The number of imide groups is 1. The number of β-amino-alcohol motifs (C(OH)–C–C–N with tert-alkyl or cyclic N) is 1. The van der Waals surface area contributed by atoms with Gasteiger partial charge in [-0.05, 0) is 42.7 Å². The number of benzene rings is 2. The van der Waals surface area contributed by atoms with Gasteiger partial charge in [0.2, 0.25) is 0 Å². The van der Waals surface area contributed by atoms with Crippen LogP contribution in [0.25, 0.3) is 0 Å². The second-order valence-corrected chi connectivity index (χ2v) is 6.35. The Bertz CT molecular complexity index is 822. The van der Waals surface area contributed by atoms with E-state index in [1.165, 1.54) is 24.3 Å². The van der Waals surface area contributed by atoms with Crippen LogP contribution in [0, 0.1) is 12.7 Å². The van der Waals surface area contributed by atoms with Crippen LogP contribution in [0.1, 0.15) is 29.7 Å². The molecule has 2 atom stereocenters. The van der Waals surface area contributed by atoms with Crippen molar-refractivity contribution >= 4 is 11.9 Å². The summed E-state index contributed by atoms with van der Waals surface area (Å²) in [4.78, 5) is 26.2. The molecule has 1 aliphatic heterocycles. The number of nitrogens with zero attached hydrogens (tertiary/aromatic N) is 1. The summed E-state index contributed by atoms with van der Waals surface area (Å²) in [7, 11) is 0. The van der Waals surface area contributed by atoms with Crippen LogP contribution in [-0.4, -0.2) is 28.5 Å². The van der Waals surface area contributed by atoms with E-state index >= 15 is 0 Å². The molecule has 3 amide bonds. The summed E-state index contributed by atoms with van der Waals surface area (Å²) < 4.78 is 13.0. The van der Waals surface area contributed by atoms with Crippen LogP contribution >= 0.6 is 0 Å². The Balaban J connectivity index is 1.84. The smallest absolute Gasteiger partial charge is 0.325 e. The molecule has 2 N–H and O–H groups in total. The Morgan fingerprint density at radius 1 is 1.16 bits per heavy atom. The number of nitrogens with one attached hydrogen (secondary N) is 1. The number of carbonyl (C=O) groups is 2. The van der Waals surface area contributed by atoms with Crippen molar-refractivity contribution < 1.29 is 19.1 Å². The van der Waals surface area contributed by atoms with Gasteiger partial charge in [0.05, 0.1) is 12.6 Å². The number of aryl methyl sites for hydroxylation is 1. The molecule has 6 heteroatoms. The van der Waals surface area contributed by atoms with Gasteiger partial charge in [-0.1, -0.05) is 36.4 Å². The van der Waals surface area contributed by atoms with Crippen LogP contribution in [0.3, 0.4) is 0 Å². The van der Waals surface area contributed by atoms with Gasteiger partial charge in [-0.25, -0.2) is 9.18 Å². The monoisotopic (exact) mass is 342 g/mol. The minimum absolute atomic E-state index is 0.197. The van der Waals surface area contributed by atoms with Gasteiger partial charge in [0, 0.05) is 0 Å². The summed E-state index contributed by atoms with van der Waals surface area (Å²) >= 11 is 0. The van der Waals surface area contributed by atoms with Gasteiger partial charge in [-0.15, -0.1) is 0 Å². The summed E-state index contributed by atoms with van der Waals surface area (Å²) in [5.41, 5.74) is 0.864. The molecule has 1 saturated heterocycles. The third kappa shape index (κ3) is 3.00. The lowest BCUT2D eigenvalue weighted by atomic mass is 9.88. The SMILES string of the molecule is Cc1ccccc1C1(C)NC(=O)N(CC(O)c2ccc(F)cc2)C1=O. The zero-order valence-corrected chi connectivity index (χ0v) is 14.0. The fraction of sp³-hybridized carbons (Fsp3) is 0.263. The molecule has 0 aliphatic carbocycles. The highest BCUT2D eigenvalue weighted by atomic mass is 19.1. The molecule has 1 heterocycles. The third-order valence-electron chi connectivity index (χ3n) is 4.57. The van der Waals surface area contributed by atoms with Crippen molar-refractivity contribution in [1.82, 2.24) is 10.2 Å². The molecule has 1 fully saturated rings. The molecule has 25 heavy (non-hydrogen) atoms. The maximum Gasteiger partial charge on any atom is 0.325 e. The summed E-state index contributed by atoms with van der Waals surface area (Å²) in [6, 6.07) is 12.1. The largest absolute Gasteiger partial charge is 0.387 e. The van der Waals surface area contributed by atoms with E-state index in [9.17, 15) is 19.1 Å². The van der Waals surface area contributed by atoms with Crippen LogP contribution in [0.5, 0.6) is 0 Å². The predicted molar refractivity (Wildman–Crippen MR) is 90.1 cm³/mol. The molecule has 1 aliphatic rings. The first kappa shape index (κ1) is 17.1. The molecule has 2 aromatic carbocycles. The van der Waals surface area contributed by atoms with E-state index in [0.29, 0.717) is 11.1 Å². The average molecular weight is 342 g/mol. The Hall–Kier alpha value is -2.73. The van der Waals surface area contributed by atoms with E-state index in [1.54, 1.807) is 13.0 Å². The highest BCUT2D eigenvalue weighted by Gasteiger charge is 2.49. The first-order chi connectivity index (χ1) is 11.8. The van der Waals surface area contributed by atoms with Crippen LogP contribution in [-0.2, 0) is 10.3 Å².